The number of aryl methyl sites for hydroxylation is 1. The van der Waals surface area contributed by atoms with Gasteiger partial charge in [-0.3, -0.25) is 4.79 Å². The van der Waals surface area contributed by atoms with Crippen molar-refractivity contribution < 1.29 is 4.79 Å². The third-order valence-corrected chi connectivity index (χ3v) is 2.99. The van der Waals surface area contributed by atoms with E-state index in [-0.39, 0.29) is 11.3 Å². The van der Waals surface area contributed by atoms with E-state index in [0.29, 0.717) is 13.0 Å². The second kappa shape index (κ2) is 5.43. The zero-order chi connectivity index (χ0) is 12.2. The molecule has 1 amide bonds. The third kappa shape index (κ3) is 5.26. The topological polar surface area (TPSA) is 42.0 Å². The Hall–Kier alpha value is -0.900. The van der Waals surface area contributed by atoms with Gasteiger partial charge in [0.15, 0.2) is 0 Å². The lowest BCUT2D eigenvalue weighted by molar-refractivity contribution is -0.122. The number of nitrogens with zero attached hydrogens (tertiary/aromatic N) is 1. The van der Waals surface area contributed by atoms with Gasteiger partial charge in [-0.1, -0.05) is 20.8 Å². The van der Waals surface area contributed by atoms with Gasteiger partial charge < -0.3 is 5.32 Å². The van der Waals surface area contributed by atoms with Crippen molar-refractivity contribution in [3.05, 3.63) is 16.1 Å². The lowest BCUT2D eigenvalue weighted by Crippen LogP contribution is -2.29. The first-order chi connectivity index (χ1) is 7.37. The molecule has 1 N–H and O–H groups in total. The van der Waals surface area contributed by atoms with Crippen molar-refractivity contribution in [1.82, 2.24) is 10.3 Å². The molecule has 0 atom stereocenters. The molecule has 0 saturated carbocycles. The standard InChI is InChI=1S/C12H20N2OS/c1-9-8-14-11(16-9)5-6-13-10(15)7-12(2,3)4/h8H,5-7H2,1-4H3,(H,13,15). The van der Waals surface area contributed by atoms with E-state index < -0.39 is 0 Å². The fourth-order valence-corrected chi connectivity index (χ4v) is 2.16. The molecular formula is C12H20N2OS. The summed E-state index contributed by atoms with van der Waals surface area (Å²) in [6.07, 6.45) is 3.27. The zero-order valence-corrected chi connectivity index (χ0v) is 11.3. The average Bonchev–Trinajstić information content (AvgIpc) is 2.48. The molecule has 1 rings (SSSR count). The summed E-state index contributed by atoms with van der Waals surface area (Å²) in [5.41, 5.74) is 0.0574. The quantitative estimate of drug-likeness (QED) is 0.878. The maximum Gasteiger partial charge on any atom is 0.220 e. The van der Waals surface area contributed by atoms with Gasteiger partial charge in [0.25, 0.3) is 0 Å². The van der Waals surface area contributed by atoms with Crippen LogP contribution >= 0.6 is 11.3 Å². The van der Waals surface area contributed by atoms with Crippen LogP contribution in [-0.2, 0) is 11.2 Å². The number of amides is 1. The predicted octanol–water partition coefficient (Wildman–Crippen LogP) is 2.55. The van der Waals surface area contributed by atoms with Gasteiger partial charge >= 0.3 is 0 Å². The molecule has 0 bridgehead atoms. The SMILES string of the molecule is Cc1cnc(CCNC(=O)CC(C)(C)C)s1. The highest BCUT2D eigenvalue weighted by molar-refractivity contribution is 7.11. The molecule has 0 fully saturated rings. The number of carbonyl (C=O) groups is 1. The Kier molecular flexibility index (Phi) is 4.47. The number of rotatable bonds is 4. The molecule has 4 heteroatoms. The average molecular weight is 240 g/mol. The fraction of sp³-hybridized carbons (Fsp3) is 0.667. The number of hydrogen-bond acceptors (Lipinski definition) is 3. The molecule has 90 valence electrons. The van der Waals surface area contributed by atoms with Crippen molar-refractivity contribution in [3.8, 4) is 0 Å². The normalized spacial score (nSPS) is 11.5. The van der Waals surface area contributed by atoms with Crippen LogP contribution in [0.25, 0.3) is 0 Å². The van der Waals surface area contributed by atoms with Crippen molar-refractivity contribution in [2.45, 2.75) is 40.5 Å². The second-order valence-corrected chi connectivity index (χ2v) is 6.52. The van der Waals surface area contributed by atoms with Crippen molar-refractivity contribution in [2.75, 3.05) is 6.54 Å². The summed E-state index contributed by atoms with van der Waals surface area (Å²) in [5.74, 6) is 0.126. The molecule has 1 heterocycles. The highest BCUT2D eigenvalue weighted by Gasteiger charge is 2.15. The van der Waals surface area contributed by atoms with Crippen LogP contribution in [0.5, 0.6) is 0 Å². The molecule has 0 saturated heterocycles. The number of thiazole rings is 1. The van der Waals surface area contributed by atoms with Gasteiger partial charge in [0, 0.05) is 30.5 Å². The third-order valence-electron chi connectivity index (χ3n) is 2.02. The summed E-state index contributed by atoms with van der Waals surface area (Å²) in [6.45, 7) is 8.92. The number of hydrogen-bond donors (Lipinski definition) is 1. The highest BCUT2D eigenvalue weighted by atomic mass is 32.1. The van der Waals surface area contributed by atoms with Crippen LogP contribution in [0, 0.1) is 12.3 Å². The summed E-state index contributed by atoms with van der Waals surface area (Å²) in [7, 11) is 0. The van der Waals surface area contributed by atoms with Crippen LogP contribution in [0.1, 0.15) is 37.1 Å². The van der Waals surface area contributed by atoms with E-state index in [9.17, 15) is 4.79 Å². The first-order valence-corrected chi connectivity index (χ1v) is 6.36. The predicted molar refractivity (Wildman–Crippen MR) is 67.6 cm³/mol. The lowest BCUT2D eigenvalue weighted by Gasteiger charge is -2.16. The largest absolute Gasteiger partial charge is 0.356 e. The summed E-state index contributed by atoms with van der Waals surface area (Å²) in [4.78, 5) is 17.0. The molecule has 3 nitrogen and oxygen atoms in total. The van der Waals surface area contributed by atoms with Crippen molar-refractivity contribution in [3.63, 3.8) is 0 Å². The minimum Gasteiger partial charge on any atom is -0.356 e. The van der Waals surface area contributed by atoms with Gasteiger partial charge in [-0.15, -0.1) is 11.3 Å². The second-order valence-electron chi connectivity index (χ2n) is 5.20. The van der Waals surface area contributed by atoms with Crippen LogP contribution in [0.15, 0.2) is 6.20 Å². The molecule has 0 aromatic carbocycles. The van der Waals surface area contributed by atoms with Crippen LogP contribution in [0.2, 0.25) is 0 Å². The Balaban J connectivity index is 2.23. The van der Waals surface area contributed by atoms with Crippen LogP contribution in [-0.4, -0.2) is 17.4 Å². The van der Waals surface area contributed by atoms with E-state index in [1.54, 1.807) is 11.3 Å². The van der Waals surface area contributed by atoms with E-state index in [0.717, 1.165) is 11.4 Å². The molecule has 0 aliphatic carbocycles. The Morgan fingerprint density at radius 3 is 2.69 bits per heavy atom. The number of carbonyl (C=O) groups excluding carboxylic acids is 1. The maximum atomic E-state index is 11.5. The van der Waals surface area contributed by atoms with Gasteiger partial charge in [-0.05, 0) is 12.3 Å². The number of aromatic nitrogens is 1. The Morgan fingerprint density at radius 2 is 2.19 bits per heavy atom. The first-order valence-electron chi connectivity index (χ1n) is 5.55. The number of nitrogens with one attached hydrogen (secondary N) is 1. The Morgan fingerprint density at radius 1 is 1.50 bits per heavy atom. The summed E-state index contributed by atoms with van der Waals surface area (Å²) >= 11 is 1.69. The van der Waals surface area contributed by atoms with E-state index in [1.165, 1.54) is 4.88 Å². The van der Waals surface area contributed by atoms with Crippen molar-refractivity contribution in [2.24, 2.45) is 5.41 Å². The van der Waals surface area contributed by atoms with E-state index in [4.69, 9.17) is 0 Å². The van der Waals surface area contributed by atoms with E-state index in [1.807, 2.05) is 13.1 Å². The Labute approximate surface area is 101 Å². The van der Waals surface area contributed by atoms with Gasteiger partial charge in [-0.2, -0.15) is 0 Å². The first kappa shape index (κ1) is 13.2. The lowest BCUT2D eigenvalue weighted by atomic mass is 9.92. The molecule has 0 aliphatic rings. The molecular weight excluding hydrogens is 220 g/mol. The van der Waals surface area contributed by atoms with Gasteiger partial charge in [0.05, 0.1) is 5.01 Å². The van der Waals surface area contributed by atoms with E-state index in [2.05, 4.69) is 31.1 Å². The summed E-state index contributed by atoms with van der Waals surface area (Å²) in [5, 5.41) is 4.02. The summed E-state index contributed by atoms with van der Waals surface area (Å²) < 4.78 is 0. The molecule has 0 aliphatic heterocycles. The molecule has 0 spiro atoms. The fourth-order valence-electron chi connectivity index (χ4n) is 1.37. The molecule has 0 radical (unpaired) electrons. The highest BCUT2D eigenvalue weighted by Crippen LogP contribution is 2.17. The minimum atomic E-state index is 0.0574. The minimum absolute atomic E-state index is 0.0574. The monoisotopic (exact) mass is 240 g/mol. The van der Waals surface area contributed by atoms with Crippen LogP contribution in [0.3, 0.4) is 0 Å². The van der Waals surface area contributed by atoms with Crippen LogP contribution < -0.4 is 5.32 Å². The zero-order valence-electron chi connectivity index (χ0n) is 10.5. The molecule has 0 unspecified atom stereocenters. The molecule has 1 aromatic heterocycles. The van der Waals surface area contributed by atoms with Gasteiger partial charge in [-0.25, -0.2) is 4.98 Å². The smallest absolute Gasteiger partial charge is 0.220 e. The van der Waals surface area contributed by atoms with Crippen LogP contribution in [0.4, 0.5) is 0 Å². The van der Waals surface area contributed by atoms with Crippen molar-refractivity contribution in [1.29, 1.82) is 0 Å². The molecule has 1 aromatic rings. The maximum absolute atomic E-state index is 11.5. The Bertz CT molecular complexity index is 352. The summed E-state index contributed by atoms with van der Waals surface area (Å²) in [6, 6.07) is 0. The van der Waals surface area contributed by atoms with Gasteiger partial charge in [0.1, 0.15) is 0 Å². The van der Waals surface area contributed by atoms with E-state index >= 15 is 0 Å². The molecule has 16 heavy (non-hydrogen) atoms. The van der Waals surface area contributed by atoms with Gasteiger partial charge in [0.2, 0.25) is 5.91 Å². The van der Waals surface area contributed by atoms with Crippen molar-refractivity contribution >= 4 is 17.2 Å².